The molecule has 0 heterocycles. The van der Waals surface area contributed by atoms with E-state index in [0.717, 1.165) is 0 Å². The second kappa shape index (κ2) is 4.79. The van der Waals surface area contributed by atoms with Gasteiger partial charge < -0.3 is 5.11 Å². The third-order valence-electron chi connectivity index (χ3n) is 3.82. The summed E-state index contributed by atoms with van der Waals surface area (Å²) in [4.78, 5) is 24.8. The number of carbonyl (C=O) groups is 2. The Balaban J connectivity index is 2.13. The number of fused-ring (bicyclic) bond motifs is 1. The molecular weight excluding hydrogens is 264 g/mol. The van der Waals surface area contributed by atoms with E-state index in [1.54, 1.807) is 48.5 Å². The SMILES string of the molecule is CC(O)(C1=CC(=O)c2ccccc2C1=O)c1ccccc1. The van der Waals surface area contributed by atoms with Gasteiger partial charge in [-0.3, -0.25) is 9.59 Å². The number of hydrogen-bond acceptors (Lipinski definition) is 3. The Bertz CT molecular complexity index is 755. The minimum absolute atomic E-state index is 0.109. The van der Waals surface area contributed by atoms with Gasteiger partial charge in [-0.25, -0.2) is 0 Å². The second-order valence-corrected chi connectivity index (χ2v) is 5.24. The summed E-state index contributed by atoms with van der Waals surface area (Å²) in [6.07, 6.45) is 1.25. The Morgan fingerprint density at radius 2 is 1.43 bits per heavy atom. The third kappa shape index (κ3) is 2.12. The Morgan fingerprint density at radius 1 is 0.857 bits per heavy atom. The largest absolute Gasteiger partial charge is 0.381 e. The Kier molecular flexibility index (Phi) is 3.07. The average Bonchev–Trinajstić information content (AvgIpc) is 2.51. The first-order chi connectivity index (χ1) is 10.0. The fourth-order valence-corrected chi connectivity index (χ4v) is 2.60. The molecular formula is C18H14O3. The first kappa shape index (κ1) is 13.5. The lowest BCUT2D eigenvalue weighted by atomic mass is 9.78. The van der Waals surface area contributed by atoms with Crippen molar-refractivity contribution in [1.82, 2.24) is 0 Å². The molecule has 1 N–H and O–H groups in total. The average molecular weight is 278 g/mol. The monoisotopic (exact) mass is 278 g/mol. The quantitative estimate of drug-likeness (QED) is 0.919. The van der Waals surface area contributed by atoms with Crippen molar-refractivity contribution < 1.29 is 14.7 Å². The maximum atomic E-state index is 12.6. The van der Waals surface area contributed by atoms with Crippen molar-refractivity contribution in [2.45, 2.75) is 12.5 Å². The maximum Gasteiger partial charge on any atom is 0.193 e. The van der Waals surface area contributed by atoms with Crippen LogP contribution in [0.5, 0.6) is 0 Å². The summed E-state index contributed by atoms with van der Waals surface area (Å²) >= 11 is 0. The fraction of sp³-hybridized carbons (Fsp3) is 0.111. The second-order valence-electron chi connectivity index (χ2n) is 5.24. The van der Waals surface area contributed by atoms with E-state index >= 15 is 0 Å². The molecule has 1 atom stereocenters. The van der Waals surface area contributed by atoms with E-state index in [-0.39, 0.29) is 17.1 Å². The van der Waals surface area contributed by atoms with E-state index in [0.29, 0.717) is 16.7 Å². The van der Waals surface area contributed by atoms with Gasteiger partial charge in [-0.15, -0.1) is 0 Å². The van der Waals surface area contributed by atoms with Gasteiger partial charge >= 0.3 is 0 Å². The summed E-state index contributed by atoms with van der Waals surface area (Å²) in [6, 6.07) is 15.5. The first-order valence-electron chi connectivity index (χ1n) is 6.70. The summed E-state index contributed by atoms with van der Waals surface area (Å²) in [7, 11) is 0. The van der Waals surface area contributed by atoms with Crippen LogP contribution in [0.25, 0.3) is 0 Å². The number of carbonyl (C=O) groups excluding carboxylic acids is 2. The molecule has 0 fully saturated rings. The fourth-order valence-electron chi connectivity index (χ4n) is 2.60. The van der Waals surface area contributed by atoms with E-state index in [1.807, 2.05) is 6.07 Å². The van der Waals surface area contributed by atoms with Crippen LogP contribution in [0.4, 0.5) is 0 Å². The highest BCUT2D eigenvalue weighted by Gasteiger charge is 2.37. The number of Topliss-reactive ketones (excluding diaryl/α,β-unsaturated/α-hetero) is 1. The standard InChI is InChI=1S/C18H14O3/c1-18(21,12-7-3-2-4-8-12)15-11-16(19)13-9-5-6-10-14(13)17(15)20/h2-11,21H,1H3. The minimum atomic E-state index is -1.50. The van der Waals surface area contributed by atoms with Gasteiger partial charge in [0.15, 0.2) is 11.6 Å². The zero-order valence-electron chi connectivity index (χ0n) is 11.5. The Labute approximate surface area is 122 Å². The molecule has 0 amide bonds. The molecule has 0 aliphatic heterocycles. The molecule has 1 aliphatic rings. The van der Waals surface area contributed by atoms with E-state index < -0.39 is 5.60 Å². The molecule has 0 radical (unpaired) electrons. The number of allylic oxidation sites excluding steroid dienone is 1. The van der Waals surface area contributed by atoms with Gasteiger partial charge in [0.2, 0.25) is 0 Å². The van der Waals surface area contributed by atoms with E-state index in [2.05, 4.69) is 0 Å². The Morgan fingerprint density at radius 3 is 2.10 bits per heavy atom. The molecule has 0 aromatic heterocycles. The normalized spacial score (nSPS) is 17.0. The zero-order chi connectivity index (χ0) is 15.0. The Hall–Kier alpha value is -2.52. The summed E-state index contributed by atoms with van der Waals surface area (Å²) in [6.45, 7) is 1.54. The molecule has 0 spiro atoms. The van der Waals surface area contributed by atoms with Crippen LogP contribution >= 0.6 is 0 Å². The number of hydrogen-bond donors (Lipinski definition) is 1. The van der Waals surface area contributed by atoms with Crippen LogP contribution in [0.1, 0.15) is 33.2 Å². The summed E-state index contributed by atoms with van der Waals surface area (Å²) in [5.41, 5.74) is -0.0813. The van der Waals surface area contributed by atoms with Crippen LogP contribution in [0, 0.1) is 0 Å². The summed E-state index contributed by atoms with van der Waals surface area (Å²) < 4.78 is 0. The number of ketones is 2. The van der Waals surface area contributed by atoms with Crippen LogP contribution in [-0.4, -0.2) is 16.7 Å². The zero-order valence-corrected chi connectivity index (χ0v) is 11.5. The molecule has 1 aliphatic carbocycles. The predicted octanol–water partition coefficient (Wildman–Crippen LogP) is 2.90. The molecule has 0 saturated carbocycles. The molecule has 0 saturated heterocycles. The van der Waals surface area contributed by atoms with Gasteiger partial charge in [0.05, 0.1) is 0 Å². The molecule has 2 aromatic rings. The van der Waals surface area contributed by atoms with Gasteiger partial charge in [-0.2, -0.15) is 0 Å². The number of rotatable bonds is 2. The van der Waals surface area contributed by atoms with Gasteiger partial charge in [0.1, 0.15) is 5.60 Å². The van der Waals surface area contributed by atoms with Crippen molar-refractivity contribution >= 4 is 11.6 Å². The molecule has 21 heavy (non-hydrogen) atoms. The van der Waals surface area contributed by atoms with Crippen molar-refractivity contribution in [2.24, 2.45) is 0 Å². The van der Waals surface area contributed by atoms with Gasteiger partial charge in [-0.05, 0) is 18.6 Å². The molecule has 3 heteroatoms. The molecule has 0 bridgehead atoms. The first-order valence-corrected chi connectivity index (χ1v) is 6.70. The lowest BCUT2D eigenvalue weighted by molar-refractivity contribution is 0.0752. The van der Waals surface area contributed by atoms with E-state index in [9.17, 15) is 14.7 Å². The number of aliphatic hydroxyl groups is 1. The van der Waals surface area contributed by atoms with Crippen molar-refractivity contribution in [2.75, 3.05) is 0 Å². The topological polar surface area (TPSA) is 54.4 Å². The third-order valence-corrected chi connectivity index (χ3v) is 3.82. The van der Waals surface area contributed by atoms with Crippen molar-refractivity contribution in [1.29, 1.82) is 0 Å². The molecule has 1 unspecified atom stereocenters. The van der Waals surface area contributed by atoms with Crippen molar-refractivity contribution in [3.05, 3.63) is 82.9 Å². The van der Waals surface area contributed by atoms with Crippen LogP contribution in [-0.2, 0) is 5.60 Å². The smallest absolute Gasteiger partial charge is 0.193 e. The number of benzene rings is 2. The van der Waals surface area contributed by atoms with Crippen LogP contribution < -0.4 is 0 Å². The van der Waals surface area contributed by atoms with Gasteiger partial charge in [0, 0.05) is 16.7 Å². The maximum absolute atomic E-state index is 12.6. The van der Waals surface area contributed by atoms with Crippen LogP contribution in [0.15, 0.2) is 66.2 Å². The minimum Gasteiger partial charge on any atom is -0.381 e. The van der Waals surface area contributed by atoms with Crippen molar-refractivity contribution in [3.63, 3.8) is 0 Å². The molecule has 3 rings (SSSR count). The lowest BCUT2D eigenvalue weighted by Gasteiger charge is -2.28. The molecule has 2 aromatic carbocycles. The molecule has 3 nitrogen and oxygen atoms in total. The molecule has 104 valence electrons. The summed E-state index contributed by atoms with van der Waals surface area (Å²) in [5.74, 6) is -0.560. The highest BCUT2D eigenvalue weighted by molar-refractivity contribution is 6.25. The van der Waals surface area contributed by atoms with Crippen molar-refractivity contribution in [3.8, 4) is 0 Å². The highest BCUT2D eigenvalue weighted by Crippen LogP contribution is 2.34. The van der Waals surface area contributed by atoms with Crippen LogP contribution in [0.3, 0.4) is 0 Å². The van der Waals surface area contributed by atoms with Gasteiger partial charge in [-0.1, -0.05) is 54.6 Å². The van der Waals surface area contributed by atoms with Crippen LogP contribution in [0.2, 0.25) is 0 Å². The van der Waals surface area contributed by atoms with E-state index in [1.165, 1.54) is 13.0 Å². The van der Waals surface area contributed by atoms with Gasteiger partial charge in [0.25, 0.3) is 0 Å². The lowest BCUT2D eigenvalue weighted by Crippen LogP contribution is -2.32. The summed E-state index contributed by atoms with van der Waals surface area (Å²) in [5, 5.41) is 10.8. The van der Waals surface area contributed by atoms with E-state index in [4.69, 9.17) is 0 Å². The predicted molar refractivity (Wildman–Crippen MR) is 79.2 cm³/mol. The highest BCUT2D eigenvalue weighted by atomic mass is 16.3.